The van der Waals surface area contributed by atoms with Crippen LogP contribution in [0.4, 0.5) is 4.79 Å². The van der Waals surface area contributed by atoms with Gasteiger partial charge in [0.1, 0.15) is 11.6 Å². The Morgan fingerprint density at radius 1 is 1.12 bits per heavy atom. The molecule has 2 aromatic carbocycles. The van der Waals surface area contributed by atoms with Crippen molar-refractivity contribution < 1.29 is 19.1 Å². The summed E-state index contributed by atoms with van der Waals surface area (Å²) < 4.78 is 10.5. The Kier molecular flexibility index (Phi) is 7.67. The molecule has 8 heteroatoms. The third-order valence-corrected chi connectivity index (χ3v) is 6.31. The number of methoxy groups -OCH3 is 1. The van der Waals surface area contributed by atoms with Crippen LogP contribution in [-0.2, 0) is 16.0 Å². The quantitative estimate of drug-likeness (QED) is 0.432. The molecule has 4 rings (SSSR count). The second kappa shape index (κ2) is 11.0. The number of nitrogens with one attached hydrogen (secondary N) is 3. The molecule has 0 spiro atoms. The van der Waals surface area contributed by atoms with E-state index in [-0.39, 0.29) is 30.0 Å². The van der Waals surface area contributed by atoms with Crippen molar-refractivity contribution in [1.82, 2.24) is 20.6 Å². The first-order valence-corrected chi connectivity index (χ1v) is 11.9. The first-order valence-electron chi connectivity index (χ1n) is 11.9. The molecule has 3 atom stereocenters. The van der Waals surface area contributed by atoms with Crippen LogP contribution in [0.3, 0.4) is 0 Å². The van der Waals surface area contributed by atoms with Crippen LogP contribution >= 0.6 is 0 Å². The van der Waals surface area contributed by atoms with Crippen molar-refractivity contribution >= 4 is 23.0 Å². The normalized spacial score (nSPS) is 18.8. The maximum atomic E-state index is 13.1. The van der Waals surface area contributed by atoms with E-state index < -0.39 is 0 Å². The van der Waals surface area contributed by atoms with E-state index in [4.69, 9.17) is 14.5 Å². The van der Waals surface area contributed by atoms with Crippen LogP contribution < -0.4 is 15.4 Å². The van der Waals surface area contributed by atoms with Crippen LogP contribution in [0, 0.1) is 5.92 Å². The number of esters is 1. The number of carbonyl (C=O) groups is 2. The second-order valence-corrected chi connectivity index (χ2v) is 8.61. The van der Waals surface area contributed by atoms with Crippen LogP contribution in [0.5, 0.6) is 5.75 Å². The van der Waals surface area contributed by atoms with Crippen molar-refractivity contribution in [3.63, 3.8) is 0 Å². The minimum atomic E-state index is -0.384. The van der Waals surface area contributed by atoms with Gasteiger partial charge in [0.2, 0.25) is 0 Å². The number of nitrogens with zero attached hydrogens (tertiary/aromatic N) is 1. The number of rotatable bonds is 8. The minimum Gasteiger partial charge on any atom is -0.497 e. The van der Waals surface area contributed by atoms with E-state index in [0.717, 1.165) is 48.0 Å². The Morgan fingerprint density at radius 2 is 1.88 bits per heavy atom. The van der Waals surface area contributed by atoms with Crippen molar-refractivity contribution in [3.8, 4) is 5.75 Å². The molecule has 3 N–H and O–H groups in total. The third kappa shape index (κ3) is 5.68. The van der Waals surface area contributed by atoms with Gasteiger partial charge in [-0.3, -0.25) is 4.79 Å². The molecule has 0 saturated heterocycles. The largest absolute Gasteiger partial charge is 0.497 e. The molecule has 34 heavy (non-hydrogen) atoms. The van der Waals surface area contributed by atoms with Gasteiger partial charge in [-0.05, 0) is 56.0 Å². The van der Waals surface area contributed by atoms with E-state index in [2.05, 4.69) is 15.6 Å². The molecule has 180 valence electrons. The Hall–Kier alpha value is -3.55. The predicted molar refractivity (Wildman–Crippen MR) is 130 cm³/mol. The Labute approximate surface area is 199 Å². The van der Waals surface area contributed by atoms with E-state index in [9.17, 15) is 9.59 Å². The van der Waals surface area contributed by atoms with Crippen LogP contribution in [0.15, 0.2) is 48.5 Å². The number of imidazole rings is 1. The zero-order chi connectivity index (χ0) is 23.9. The topological polar surface area (TPSA) is 105 Å². The number of fused-ring (bicyclic) bond motifs is 1. The molecular formula is C26H32N4O4. The lowest BCUT2D eigenvalue weighted by atomic mass is 9.84. The number of H-pyrrole nitrogens is 1. The van der Waals surface area contributed by atoms with Crippen LogP contribution in [0.25, 0.3) is 11.0 Å². The average Bonchev–Trinajstić information content (AvgIpc) is 3.29. The summed E-state index contributed by atoms with van der Waals surface area (Å²) in [4.78, 5) is 33.6. The summed E-state index contributed by atoms with van der Waals surface area (Å²) in [5, 5.41) is 6.12. The summed E-state index contributed by atoms with van der Waals surface area (Å²) >= 11 is 0. The Balaban J connectivity index is 1.51. The number of aromatic amines is 1. The molecular weight excluding hydrogens is 432 g/mol. The number of carbonyl (C=O) groups excluding carboxylic acids is 2. The molecule has 0 radical (unpaired) electrons. The molecule has 8 nitrogen and oxygen atoms in total. The molecule has 1 aromatic heterocycles. The van der Waals surface area contributed by atoms with Crippen molar-refractivity contribution in [2.75, 3.05) is 13.7 Å². The number of urea groups is 1. The summed E-state index contributed by atoms with van der Waals surface area (Å²) in [5.74, 6) is 0.903. The Morgan fingerprint density at radius 3 is 2.62 bits per heavy atom. The summed E-state index contributed by atoms with van der Waals surface area (Å²) in [6.45, 7) is 2.14. The number of para-hydroxylation sites is 2. The van der Waals surface area contributed by atoms with E-state index in [1.807, 2.05) is 48.5 Å². The van der Waals surface area contributed by atoms with Crippen LogP contribution in [0.1, 0.15) is 50.0 Å². The van der Waals surface area contributed by atoms with Gasteiger partial charge in [0.05, 0.1) is 36.7 Å². The fraction of sp³-hybridized carbons (Fsp3) is 0.423. The van der Waals surface area contributed by atoms with Gasteiger partial charge in [0.15, 0.2) is 0 Å². The molecule has 1 fully saturated rings. The fourth-order valence-corrected chi connectivity index (χ4v) is 4.55. The highest BCUT2D eigenvalue weighted by atomic mass is 16.5. The lowest BCUT2D eigenvalue weighted by molar-refractivity contribution is -0.149. The first-order chi connectivity index (χ1) is 16.6. The van der Waals surface area contributed by atoms with Crippen molar-refractivity contribution in [3.05, 3.63) is 59.9 Å². The lowest BCUT2D eigenvalue weighted by Gasteiger charge is -2.31. The summed E-state index contributed by atoms with van der Waals surface area (Å²) in [6, 6.07) is 14.6. The van der Waals surface area contributed by atoms with Crippen molar-refractivity contribution in [2.24, 2.45) is 5.92 Å². The van der Waals surface area contributed by atoms with Gasteiger partial charge in [-0.1, -0.05) is 37.1 Å². The van der Waals surface area contributed by atoms with Crippen molar-refractivity contribution in [2.45, 2.75) is 51.1 Å². The third-order valence-electron chi connectivity index (χ3n) is 6.31. The Bertz CT molecular complexity index is 1080. The molecule has 0 aliphatic heterocycles. The smallest absolute Gasteiger partial charge is 0.315 e. The van der Waals surface area contributed by atoms with Crippen molar-refractivity contribution in [1.29, 1.82) is 0 Å². The summed E-state index contributed by atoms with van der Waals surface area (Å²) in [6.07, 6.45) is 3.96. The maximum Gasteiger partial charge on any atom is 0.315 e. The average molecular weight is 465 g/mol. The molecule has 1 aliphatic rings. The van der Waals surface area contributed by atoms with Crippen LogP contribution in [0.2, 0.25) is 0 Å². The van der Waals surface area contributed by atoms with Crippen LogP contribution in [-0.4, -0.2) is 41.7 Å². The van der Waals surface area contributed by atoms with Gasteiger partial charge in [-0.25, -0.2) is 9.78 Å². The number of ether oxygens (including phenoxy) is 2. The first kappa shape index (κ1) is 23.6. The van der Waals surface area contributed by atoms with E-state index in [1.165, 1.54) is 0 Å². The minimum absolute atomic E-state index is 0.237. The van der Waals surface area contributed by atoms with Gasteiger partial charge in [0.25, 0.3) is 0 Å². The van der Waals surface area contributed by atoms with E-state index in [1.54, 1.807) is 14.0 Å². The molecule has 1 heterocycles. The van der Waals surface area contributed by atoms with Gasteiger partial charge >= 0.3 is 12.0 Å². The molecule has 2 amide bonds. The molecule has 1 unspecified atom stereocenters. The number of hydrogen-bond donors (Lipinski definition) is 3. The van der Waals surface area contributed by atoms with E-state index >= 15 is 0 Å². The molecule has 1 aliphatic carbocycles. The van der Waals surface area contributed by atoms with E-state index in [0.29, 0.717) is 18.9 Å². The monoisotopic (exact) mass is 464 g/mol. The van der Waals surface area contributed by atoms with Gasteiger partial charge in [0, 0.05) is 6.04 Å². The number of benzene rings is 2. The number of hydrogen-bond acceptors (Lipinski definition) is 5. The fourth-order valence-electron chi connectivity index (χ4n) is 4.55. The number of amides is 2. The highest BCUT2D eigenvalue weighted by Crippen LogP contribution is 2.26. The highest BCUT2D eigenvalue weighted by Gasteiger charge is 2.33. The lowest BCUT2D eigenvalue weighted by Crippen LogP contribution is -2.50. The van der Waals surface area contributed by atoms with Gasteiger partial charge in [-0.2, -0.15) is 0 Å². The van der Waals surface area contributed by atoms with Gasteiger partial charge < -0.3 is 25.1 Å². The number of aromatic nitrogens is 2. The van der Waals surface area contributed by atoms with Gasteiger partial charge in [-0.15, -0.1) is 0 Å². The standard InChI is InChI=1S/C26H32N4O4/c1-3-34-25(31)19-8-4-5-9-20(19)29-26(32)30-23(16-17-12-14-18(33-2)15-13-17)24-27-21-10-6-7-11-22(21)28-24/h6-7,10-15,19-20,23H,3-5,8-9,16H2,1-2H3,(H,27,28)(H2,29,30,32)/t19-,20-,23?/m0/s1. The zero-order valence-electron chi connectivity index (χ0n) is 19.7. The highest BCUT2D eigenvalue weighted by molar-refractivity contribution is 5.78. The second-order valence-electron chi connectivity index (χ2n) is 8.61. The summed E-state index contributed by atoms with van der Waals surface area (Å²) in [7, 11) is 1.63. The predicted octanol–water partition coefficient (Wildman–Crippen LogP) is 4.28. The zero-order valence-corrected chi connectivity index (χ0v) is 19.7. The SMILES string of the molecule is CCOC(=O)[C@H]1CCCC[C@@H]1NC(=O)NC(Cc1ccc(OC)cc1)c1nc2ccccc2[nH]1. The maximum absolute atomic E-state index is 13.1. The summed E-state index contributed by atoms with van der Waals surface area (Å²) in [5.41, 5.74) is 2.79. The molecule has 0 bridgehead atoms. The molecule has 3 aromatic rings. The molecule has 1 saturated carbocycles.